The number of anilines is 1. The van der Waals surface area contributed by atoms with Crippen molar-refractivity contribution in [2.45, 2.75) is 26.7 Å². The summed E-state index contributed by atoms with van der Waals surface area (Å²) < 4.78 is 0. The minimum atomic E-state index is 0.286. The second kappa shape index (κ2) is 5.06. The fourth-order valence-corrected chi connectivity index (χ4v) is 3.84. The van der Waals surface area contributed by atoms with Gasteiger partial charge in [0.25, 0.3) is 0 Å². The maximum atomic E-state index is 9.06. The van der Waals surface area contributed by atoms with Crippen LogP contribution in [0.25, 0.3) is 10.2 Å². The first-order valence-electron chi connectivity index (χ1n) is 6.77. The molecule has 5 heteroatoms. The van der Waals surface area contributed by atoms with Gasteiger partial charge < -0.3 is 10.0 Å². The first kappa shape index (κ1) is 12.8. The van der Waals surface area contributed by atoms with Gasteiger partial charge in [-0.15, -0.1) is 11.3 Å². The Morgan fingerprint density at radius 1 is 1.42 bits per heavy atom. The summed E-state index contributed by atoms with van der Waals surface area (Å²) in [5.41, 5.74) is 1.31. The van der Waals surface area contributed by atoms with Crippen molar-refractivity contribution < 1.29 is 5.11 Å². The third-order valence-corrected chi connectivity index (χ3v) is 5.18. The quantitative estimate of drug-likeness (QED) is 0.936. The van der Waals surface area contributed by atoms with Crippen molar-refractivity contribution in [3.8, 4) is 0 Å². The molecule has 0 saturated carbocycles. The zero-order chi connectivity index (χ0) is 13.4. The molecule has 0 bridgehead atoms. The van der Waals surface area contributed by atoms with Gasteiger partial charge >= 0.3 is 0 Å². The Balaban J connectivity index is 1.97. The third-order valence-electron chi connectivity index (χ3n) is 4.07. The Labute approximate surface area is 117 Å². The summed E-state index contributed by atoms with van der Waals surface area (Å²) >= 11 is 1.74. The Kier molecular flexibility index (Phi) is 3.41. The molecule has 1 aliphatic heterocycles. The maximum Gasteiger partial charge on any atom is 0.141 e. The van der Waals surface area contributed by atoms with Crippen molar-refractivity contribution in [1.29, 1.82) is 0 Å². The smallest absolute Gasteiger partial charge is 0.141 e. The fraction of sp³-hybridized carbons (Fsp3) is 0.571. The number of aryl methyl sites for hydroxylation is 2. The molecular formula is C14H19N3OS. The van der Waals surface area contributed by atoms with Gasteiger partial charge in [0, 0.05) is 24.6 Å². The number of aromatic nitrogens is 2. The Morgan fingerprint density at radius 2 is 2.26 bits per heavy atom. The molecule has 2 aromatic heterocycles. The maximum absolute atomic E-state index is 9.06. The summed E-state index contributed by atoms with van der Waals surface area (Å²) in [5, 5.41) is 10.3. The van der Waals surface area contributed by atoms with Gasteiger partial charge in [-0.1, -0.05) is 0 Å². The van der Waals surface area contributed by atoms with Gasteiger partial charge in [-0.2, -0.15) is 0 Å². The highest BCUT2D eigenvalue weighted by Crippen LogP contribution is 2.36. The molecule has 19 heavy (non-hydrogen) atoms. The van der Waals surface area contributed by atoms with Crippen molar-refractivity contribution in [1.82, 2.24) is 9.97 Å². The van der Waals surface area contributed by atoms with E-state index in [2.05, 4.69) is 28.7 Å². The van der Waals surface area contributed by atoms with E-state index in [4.69, 9.17) is 5.11 Å². The molecule has 0 spiro atoms. The summed E-state index contributed by atoms with van der Waals surface area (Å²) in [4.78, 5) is 13.7. The lowest BCUT2D eigenvalue weighted by Gasteiger charge is -2.18. The highest BCUT2D eigenvalue weighted by Gasteiger charge is 2.25. The second-order valence-electron chi connectivity index (χ2n) is 5.27. The zero-order valence-electron chi connectivity index (χ0n) is 11.4. The molecule has 1 saturated heterocycles. The molecule has 0 aliphatic carbocycles. The molecule has 0 amide bonds. The van der Waals surface area contributed by atoms with E-state index >= 15 is 0 Å². The molecule has 1 N–H and O–H groups in total. The van der Waals surface area contributed by atoms with E-state index in [1.54, 1.807) is 17.7 Å². The lowest BCUT2D eigenvalue weighted by Crippen LogP contribution is -2.21. The van der Waals surface area contributed by atoms with Gasteiger partial charge in [-0.3, -0.25) is 0 Å². The summed E-state index contributed by atoms with van der Waals surface area (Å²) in [5.74, 6) is 1.67. The molecular weight excluding hydrogens is 258 g/mol. The normalized spacial score (nSPS) is 19.5. The number of hydrogen-bond acceptors (Lipinski definition) is 5. The van der Waals surface area contributed by atoms with E-state index < -0.39 is 0 Å². The summed E-state index contributed by atoms with van der Waals surface area (Å²) in [6.07, 6.45) is 3.72. The molecule has 0 aromatic carbocycles. The van der Waals surface area contributed by atoms with Crippen LogP contribution in [0.4, 0.5) is 5.82 Å². The minimum Gasteiger partial charge on any atom is -0.396 e. The summed E-state index contributed by atoms with van der Waals surface area (Å²) in [6.45, 7) is 6.62. The van der Waals surface area contributed by atoms with Crippen LogP contribution in [-0.2, 0) is 0 Å². The lowest BCUT2D eigenvalue weighted by atomic mass is 10.1. The zero-order valence-corrected chi connectivity index (χ0v) is 12.2. The van der Waals surface area contributed by atoms with E-state index in [1.807, 2.05) is 0 Å². The van der Waals surface area contributed by atoms with Crippen molar-refractivity contribution in [3.63, 3.8) is 0 Å². The highest BCUT2D eigenvalue weighted by molar-refractivity contribution is 7.18. The van der Waals surface area contributed by atoms with Gasteiger partial charge in [0.2, 0.25) is 0 Å². The second-order valence-corrected chi connectivity index (χ2v) is 6.48. The van der Waals surface area contributed by atoms with Gasteiger partial charge in [-0.25, -0.2) is 9.97 Å². The van der Waals surface area contributed by atoms with Crippen LogP contribution >= 0.6 is 11.3 Å². The van der Waals surface area contributed by atoms with Gasteiger partial charge in [0.1, 0.15) is 17.0 Å². The molecule has 102 valence electrons. The van der Waals surface area contributed by atoms with Gasteiger partial charge in [0.05, 0.1) is 5.39 Å². The first-order valence-corrected chi connectivity index (χ1v) is 7.59. The van der Waals surface area contributed by atoms with Crippen LogP contribution in [0.5, 0.6) is 0 Å². The average Bonchev–Trinajstić information content (AvgIpc) is 2.96. The molecule has 0 radical (unpaired) electrons. The van der Waals surface area contributed by atoms with Crippen LogP contribution in [0, 0.1) is 19.8 Å². The van der Waals surface area contributed by atoms with E-state index in [-0.39, 0.29) is 6.61 Å². The molecule has 1 aliphatic rings. The molecule has 1 atom stereocenters. The van der Waals surface area contributed by atoms with Crippen LogP contribution in [-0.4, -0.2) is 34.8 Å². The molecule has 1 unspecified atom stereocenters. The van der Waals surface area contributed by atoms with E-state index in [9.17, 15) is 0 Å². The Bertz CT molecular complexity index is 596. The van der Waals surface area contributed by atoms with Crippen LogP contribution in [0.15, 0.2) is 6.33 Å². The van der Waals surface area contributed by atoms with E-state index in [0.717, 1.165) is 36.6 Å². The van der Waals surface area contributed by atoms with Crippen LogP contribution in [0.1, 0.15) is 23.3 Å². The van der Waals surface area contributed by atoms with Crippen molar-refractivity contribution >= 4 is 27.4 Å². The Hall–Kier alpha value is -1.20. The number of rotatable bonds is 3. The fourth-order valence-electron chi connectivity index (χ4n) is 2.85. The lowest BCUT2D eigenvalue weighted by molar-refractivity contribution is 0.263. The number of nitrogens with zero attached hydrogens (tertiary/aromatic N) is 3. The molecule has 2 aromatic rings. The largest absolute Gasteiger partial charge is 0.396 e. The van der Waals surface area contributed by atoms with E-state index in [0.29, 0.717) is 5.92 Å². The minimum absolute atomic E-state index is 0.286. The summed E-state index contributed by atoms with van der Waals surface area (Å²) in [7, 11) is 0. The van der Waals surface area contributed by atoms with Crippen LogP contribution in [0.3, 0.4) is 0 Å². The average molecular weight is 277 g/mol. The monoisotopic (exact) mass is 277 g/mol. The molecule has 3 heterocycles. The Morgan fingerprint density at radius 3 is 3.05 bits per heavy atom. The molecule has 4 nitrogen and oxygen atoms in total. The number of fused-ring (bicyclic) bond motifs is 1. The van der Waals surface area contributed by atoms with Gasteiger partial charge in [-0.05, 0) is 38.2 Å². The van der Waals surface area contributed by atoms with E-state index in [1.165, 1.54) is 15.8 Å². The van der Waals surface area contributed by atoms with Crippen LogP contribution < -0.4 is 4.90 Å². The number of thiophene rings is 1. The molecule has 1 fully saturated rings. The highest BCUT2D eigenvalue weighted by atomic mass is 32.1. The third kappa shape index (κ3) is 2.21. The van der Waals surface area contributed by atoms with Gasteiger partial charge in [0.15, 0.2) is 0 Å². The standard InChI is InChI=1S/C14H19N3OS/c1-9-10(2)19-14-12(9)13(15-8-16-14)17-5-3-11(7-17)4-6-18/h8,11,18H,3-7H2,1-2H3. The summed E-state index contributed by atoms with van der Waals surface area (Å²) in [6, 6.07) is 0. The number of aliphatic hydroxyl groups is 1. The van der Waals surface area contributed by atoms with Crippen LogP contribution in [0.2, 0.25) is 0 Å². The molecule has 3 rings (SSSR count). The SMILES string of the molecule is Cc1sc2ncnc(N3CCC(CCO)C3)c2c1C. The first-order chi connectivity index (χ1) is 9.20. The topological polar surface area (TPSA) is 49.2 Å². The number of hydrogen-bond donors (Lipinski definition) is 1. The predicted molar refractivity (Wildman–Crippen MR) is 78.9 cm³/mol. The van der Waals surface area contributed by atoms with Crippen molar-refractivity contribution in [2.24, 2.45) is 5.92 Å². The predicted octanol–water partition coefficient (Wildman–Crippen LogP) is 2.52. The van der Waals surface area contributed by atoms with Crippen molar-refractivity contribution in [2.75, 3.05) is 24.6 Å². The number of aliphatic hydroxyl groups excluding tert-OH is 1. The van der Waals surface area contributed by atoms with Crippen molar-refractivity contribution in [3.05, 3.63) is 16.8 Å².